The van der Waals surface area contributed by atoms with Gasteiger partial charge >= 0.3 is 5.97 Å². The maximum absolute atomic E-state index is 11.8. The molecular formula is C15H22N2O3. The van der Waals surface area contributed by atoms with Gasteiger partial charge in [0.2, 0.25) is 5.91 Å². The van der Waals surface area contributed by atoms with Crippen molar-refractivity contribution in [3.05, 3.63) is 28.8 Å². The third kappa shape index (κ3) is 5.40. The zero-order valence-corrected chi connectivity index (χ0v) is 12.2. The van der Waals surface area contributed by atoms with Gasteiger partial charge in [-0.3, -0.25) is 9.59 Å². The molecule has 20 heavy (non-hydrogen) atoms. The van der Waals surface area contributed by atoms with Crippen LogP contribution in [0.25, 0.3) is 0 Å². The first kappa shape index (κ1) is 16.2. The molecule has 0 radical (unpaired) electrons. The van der Waals surface area contributed by atoms with Crippen LogP contribution < -0.4 is 10.6 Å². The number of carboxylic acid groups (broad SMARTS) is 1. The molecule has 0 spiro atoms. The minimum absolute atomic E-state index is 0.115. The fraction of sp³-hybridized carbons (Fsp3) is 0.467. The number of nitrogens with one attached hydrogen (secondary N) is 2. The molecule has 0 aliphatic heterocycles. The van der Waals surface area contributed by atoms with Crippen LogP contribution in [0, 0.1) is 20.8 Å². The molecule has 0 aliphatic rings. The van der Waals surface area contributed by atoms with Crippen LogP contribution in [0.3, 0.4) is 0 Å². The van der Waals surface area contributed by atoms with Gasteiger partial charge in [0, 0.05) is 12.1 Å². The first-order valence-corrected chi connectivity index (χ1v) is 6.70. The van der Waals surface area contributed by atoms with Crippen LogP contribution in [0.5, 0.6) is 0 Å². The molecule has 110 valence electrons. The Morgan fingerprint density at radius 1 is 1.15 bits per heavy atom. The van der Waals surface area contributed by atoms with Gasteiger partial charge in [-0.2, -0.15) is 0 Å². The van der Waals surface area contributed by atoms with E-state index in [0.717, 1.165) is 16.8 Å². The molecular weight excluding hydrogens is 256 g/mol. The number of rotatable bonds is 7. The van der Waals surface area contributed by atoms with Crippen molar-refractivity contribution in [1.82, 2.24) is 5.32 Å². The van der Waals surface area contributed by atoms with Crippen molar-refractivity contribution in [2.45, 2.75) is 33.6 Å². The van der Waals surface area contributed by atoms with Gasteiger partial charge in [0.15, 0.2) is 0 Å². The molecule has 5 nitrogen and oxygen atoms in total. The van der Waals surface area contributed by atoms with Crippen molar-refractivity contribution in [2.75, 3.05) is 18.4 Å². The fourth-order valence-corrected chi connectivity index (χ4v) is 2.13. The van der Waals surface area contributed by atoms with E-state index in [1.165, 1.54) is 5.56 Å². The highest BCUT2D eigenvalue weighted by Crippen LogP contribution is 2.21. The Bertz CT molecular complexity index is 475. The smallest absolute Gasteiger partial charge is 0.303 e. The van der Waals surface area contributed by atoms with Gasteiger partial charge in [-0.15, -0.1) is 0 Å². The summed E-state index contributed by atoms with van der Waals surface area (Å²) in [6, 6.07) is 4.06. The van der Waals surface area contributed by atoms with Crippen LogP contribution in [-0.4, -0.2) is 30.1 Å². The first-order valence-electron chi connectivity index (χ1n) is 6.70. The molecule has 0 heterocycles. The van der Waals surface area contributed by atoms with Gasteiger partial charge in [-0.05, 0) is 44.9 Å². The minimum atomic E-state index is -0.817. The maximum atomic E-state index is 11.8. The van der Waals surface area contributed by atoms with Crippen LogP contribution in [0.15, 0.2) is 12.1 Å². The van der Waals surface area contributed by atoms with Crippen molar-refractivity contribution >= 4 is 17.6 Å². The van der Waals surface area contributed by atoms with E-state index in [0.29, 0.717) is 13.0 Å². The number of aryl methyl sites for hydroxylation is 3. The average Bonchev–Trinajstić information content (AvgIpc) is 2.33. The molecule has 1 aromatic carbocycles. The Hall–Kier alpha value is -1.88. The van der Waals surface area contributed by atoms with E-state index in [1.807, 2.05) is 32.9 Å². The van der Waals surface area contributed by atoms with Gasteiger partial charge in [0.05, 0.1) is 6.54 Å². The minimum Gasteiger partial charge on any atom is -0.481 e. The number of carbonyl (C=O) groups is 2. The van der Waals surface area contributed by atoms with Crippen molar-refractivity contribution in [3.63, 3.8) is 0 Å². The number of amides is 1. The monoisotopic (exact) mass is 278 g/mol. The van der Waals surface area contributed by atoms with Gasteiger partial charge in [-0.1, -0.05) is 17.7 Å². The normalized spacial score (nSPS) is 10.3. The number of anilines is 1. The molecule has 0 aromatic heterocycles. The van der Waals surface area contributed by atoms with E-state index in [1.54, 1.807) is 0 Å². The van der Waals surface area contributed by atoms with Crippen molar-refractivity contribution in [1.29, 1.82) is 0 Å². The lowest BCUT2D eigenvalue weighted by Gasteiger charge is -2.13. The Labute approximate surface area is 119 Å². The molecule has 1 amide bonds. The standard InChI is InChI=1S/C15H22N2O3/c1-10-7-11(2)15(12(3)8-10)17-13(18)9-16-6-4-5-14(19)20/h7-8,16H,4-6,9H2,1-3H3,(H,17,18)(H,19,20). The lowest BCUT2D eigenvalue weighted by atomic mass is 10.1. The van der Waals surface area contributed by atoms with Crippen molar-refractivity contribution in [3.8, 4) is 0 Å². The van der Waals surface area contributed by atoms with Gasteiger partial charge in [0.25, 0.3) is 0 Å². The molecule has 1 aromatic rings. The maximum Gasteiger partial charge on any atom is 0.303 e. The summed E-state index contributed by atoms with van der Waals surface area (Å²) in [6.07, 6.45) is 0.635. The van der Waals surface area contributed by atoms with Crippen LogP contribution in [0.1, 0.15) is 29.5 Å². The highest BCUT2D eigenvalue weighted by molar-refractivity contribution is 5.93. The number of benzene rings is 1. The molecule has 5 heteroatoms. The van der Waals surface area contributed by atoms with Crippen LogP contribution in [0.4, 0.5) is 5.69 Å². The predicted octanol–water partition coefficient (Wildman–Crippen LogP) is 2.00. The summed E-state index contributed by atoms with van der Waals surface area (Å²) in [5, 5.41) is 14.3. The summed E-state index contributed by atoms with van der Waals surface area (Å²) in [5.74, 6) is -0.933. The molecule has 0 aliphatic carbocycles. The lowest BCUT2D eigenvalue weighted by Crippen LogP contribution is -2.29. The highest BCUT2D eigenvalue weighted by Gasteiger charge is 2.08. The van der Waals surface area contributed by atoms with Crippen LogP contribution in [-0.2, 0) is 9.59 Å². The Morgan fingerprint density at radius 2 is 1.75 bits per heavy atom. The van der Waals surface area contributed by atoms with Gasteiger partial charge in [0.1, 0.15) is 0 Å². The summed E-state index contributed by atoms with van der Waals surface area (Å²) in [4.78, 5) is 22.1. The number of hydrogen-bond donors (Lipinski definition) is 3. The van der Waals surface area contributed by atoms with E-state index in [-0.39, 0.29) is 18.9 Å². The zero-order valence-electron chi connectivity index (χ0n) is 12.2. The quantitative estimate of drug-likeness (QED) is 0.667. The highest BCUT2D eigenvalue weighted by atomic mass is 16.4. The molecule has 0 saturated carbocycles. The second-order valence-corrected chi connectivity index (χ2v) is 5.00. The zero-order chi connectivity index (χ0) is 15.1. The molecule has 0 fully saturated rings. The number of carboxylic acids is 1. The molecule has 0 unspecified atom stereocenters. The number of hydrogen-bond acceptors (Lipinski definition) is 3. The second kappa shape index (κ2) is 7.65. The molecule has 3 N–H and O–H groups in total. The Balaban J connectivity index is 2.41. The first-order chi connectivity index (χ1) is 9.40. The molecule has 1 rings (SSSR count). The third-order valence-corrected chi connectivity index (χ3v) is 2.97. The third-order valence-electron chi connectivity index (χ3n) is 2.97. The molecule has 0 atom stereocenters. The number of carbonyl (C=O) groups excluding carboxylic acids is 1. The van der Waals surface area contributed by atoms with Crippen LogP contribution in [0.2, 0.25) is 0 Å². The van der Waals surface area contributed by atoms with E-state index >= 15 is 0 Å². The topological polar surface area (TPSA) is 78.4 Å². The summed E-state index contributed by atoms with van der Waals surface area (Å²) >= 11 is 0. The molecule has 0 saturated heterocycles. The SMILES string of the molecule is Cc1cc(C)c(NC(=O)CNCCCC(=O)O)c(C)c1. The van der Waals surface area contributed by atoms with Gasteiger partial charge in [-0.25, -0.2) is 0 Å². The Kier molecular flexibility index (Phi) is 6.18. The average molecular weight is 278 g/mol. The summed E-state index contributed by atoms with van der Waals surface area (Å²) in [7, 11) is 0. The largest absolute Gasteiger partial charge is 0.481 e. The second-order valence-electron chi connectivity index (χ2n) is 5.00. The number of aliphatic carboxylic acids is 1. The molecule has 0 bridgehead atoms. The van der Waals surface area contributed by atoms with E-state index in [9.17, 15) is 9.59 Å². The van der Waals surface area contributed by atoms with E-state index < -0.39 is 5.97 Å². The Morgan fingerprint density at radius 3 is 2.30 bits per heavy atom. The predicted molar refractivity (Wildman–Crippen MR) is 79.0 cm³/mol. The van der Waals surface area contributed by atoms with E-state index in [4.69, 9.17) is 5.11 Å². The summed E-state index contributed by atoms with van der Waals surface area (Å²) < 4.78 is 0. The summed E-state index contributed by atoms with van der Waals surface area (Å²) in [6.45, 7) is 6.67. The summed E-state index contributed by atoms with van der Waals surface area (Å²) in [5.41, 5.74) is 4.11. The van der Waals surface area contributed by atoms with Crippen molar-refractivity contribution in [2.24, 2.45) is 0 Å². The lowest BCUT2D eigenvalue weighted by molar-refractivity contribution is -0.137. The fourth-order valence-electron chi connectivity index (χ4n) is 2.13. The van der Waals surface area contributed by atoms with Crippen LogP contribution >= 0.6 is 0 Å². The van der Waals surface area contributed by atoms with E-state index in [2.05, 4.69) is 10.6 Å². The van der Waals surface area contributed by atoms with Gasteiger partial charge < -0.3 is 15.7 Å². The van der Waals surface area contributed by atoms with Crippen molar-refractivity contribution < 1.29 is 14.7 Å².